The van der Waals surface area contributed by atoms with Crippen LogP contribution in [0.4, 0.5) is 34.1 Å². The van der Waals surface area contributed by atoms with E-state index in [-0.39, 0.29) is 80.4 Å². The summed E-state index contributed by atoms with van der Waals surface area (Å²) >= 11 is 1.98. The average Bonchev–Trinajstić information content (AvgIpc) is 3.72. The van der Waals surface area contributed by atoms with Crippen molar-refractivity contribution < 1.29 is 6.85 Å². The van der Waals surface area contributed by atoms with Crippen LogP contribution in [0.15, 0.2) is 109 Å². The highest BCUT2D eigenvalue weighted by Crippen LogP contribution is 2.56. The molecule has 0 atom stereocenters. The van der Waals surface area contributed by atoms with Crippen LogP contribution in [-0.2, 0) is 37.9 Å². The summed E-state index contributed by atoms with van der Waals surface area (Å²) in [6.45, 7) is 36.3. The Kier molecular flexibility index (Phi) is 8.56. The second-order valence-corrected chi connectivity index (χ2v) is 28.1. The van der Waals surface area contributed by atoms with Gasteiger partial charge in [0, 0.05) is 43.3 Å². The van der Waals surface area contributed by atoms with Gasteiger partial charge in [-0.05, 0) is 192 Å². The second-order valence-electron chi connectivity index (χ2n) is 27.0. The second kappa shape index (κ2) is 14.8. The molecule has 0 N–H and O–H groups in total. The van der Waals surface area contributed by atoms with Crippen LogP contribution in [-0.4, -0.2) is 6.71 Å². The molecule has 3 aliphatic carbocycles. The lowest BCUT2D eigenvalue weighted by atomic mass is 9.35. The van der Waals surface area contributed by atoms with E-state index in [0.29, 0.717) is 5.56 Å². The fraction of sp³-hybridized carbons (Fsp3) is 0.424. The standard InChI is InChI=1S/C66H75BN2S/c1-60(2,3)42-33-54-57-55(34-42)69(43-23-21-41(22-24-43)40-19-17-16-18-20-40)58-45-36-48-51(66(14,15)32-29-63(48,8)9)39-56(45)70-59(58)67(57)52-37-49-50(65(12,13)31-30-64(49,10)11)38-53(52)68(54)44-25-26-46-47(35-44)62(6,7)28-27-61(46,4)5/h16-26,33-39H,27-32H2,1-15H3/i16D,17D,18D,19D,20D. The SMILES string of the molecule is [2H]c1c([2H])c([2H])c(-c2ccc(N3c4cc(C(C)(C)C)cc5c4B(c4cc6c(cc4N5c4ccc5c(c4)C(C)(C)CCC5(C)C)C(C)(C)CCC6(C)C)c4sc5cc6c(cc5c43)C(C)(C)CCC6(C)C)cc2)c([2H])c1[2H]. The van der Waals surface area contributed by atoms with Gasteiger partial charge in [-0.25, -0.2) is 0 Å². The lowest BCUT2D eigenvalue weighted by molar-refractivity contribution is 0.332. The zero-order valence-corrected chi connectivity index (χ0v) is 45.4. The normalized spacial score (nSPS) is 21.5. The van der Waals surface area contributed by atoms with E-state index in [1.54, 1.807) is 0 Å². The molecule has 70 heavy (non-hydrogen) atoms. The van der Waals surface area contributed by atoms with Crippen LogP contribution in [0.3, 0.4) is 0 Å². The van der Waals surface area contributed by atoms with Gasteiger partial charge < -0.3 is 9.80 Å². The van der Waals surface area contributed by atoms with Crippen molar-refractivity contribution in [2.45, 2.75) is 180 Å². The van der Waals surface area contributed by atoms with Crippen LogP contribution in [0.25, 0.3) is 21.2 Å². The van der Waals surface area contributed by atoms with E-state index < -0.39 is 0 Å². The maximum Gasteiger partial charge on any atom is 0.264 e. The molecule has 0 saturated carbocycles. The van der Waals surface area contributed by atoms with Crippen molar-refractivity contribution >= 4 is 78.0 Å². The van der Waals surface area contributed by atoms with E-state index in [1.165, 1.54) is 87.5 Å². The van der Waals surface area contributed by atoms with Crippen LogP contribution >= 0.6 is 11.3 Å². The monoisotopic (exact) mass is 944 g/mol. The molecule has 12 rings (SSSR count). The molecule has 0 fully saturated rings. The van der Waals surface area contributed by atoms with Gasteiger partial charge in [0.05, 0.1) is 12.5 Å². The number of fused-ring (bicyclic) bond motifs is 9. The van der Waals surface area contributed by atoms with Crippen molar-refractivity contribution in [3.8, 4) is 11.1 Å². The molecule has 2 nitrogen and oxygen atoms in total. The van der Waals surface area contributed by atoms with Crippen molar-refractivity contribution in [3.05, 3.63) is 148 Å². The predicted molar refractivity (Wildman–Crippen MR) is 306 cm³/mol. The van der Waals surface area contributed by atoms with Crippen LogP contribution < -0.4 is 25.5 Å². The highest BCUT2D eigenvalue weighted by molar-refractivity contribution is 7.33. The molecule has 0 unspecified atom stereocenters. The van der Waals surface area contributed by atoms with E-state index in [1.807, 2.05) is 23.5 Å². The third-order valence-electron chi connectivity index (χ3n) is 18.5. The van der Waals surface area contributed by atoms with Gasteiger partial charge in [-0.3, -0.25) is 0 Å². The van der Waals surface area contributed by atoms with Crippen molar-refractivity contribution in [2.75, 3.05) is 9.80 Å². The maximum absolute atomic E-state index is 8.94. The number of nitrogens with zero attached hydrogens (tertiary/aromatic N) is 2. The van der Waals surface area contributed by atoms with Gasteiger partial charge in [-0.2, -0.15) is 0 Å². The van der Waals surface area contributed by atoms with Crippen molar-refractivity contribution in [1.82, 2.24) is 0 Å². The minimum Gasteiger partial charge on any atom is -0.311 e. The third-order valence-corrected chi connectivity index (χ3v) is 19.7. The van der Waals surface area contributed by atoms with Crippen LogP contribution in [0.5, 0.6) is 0 Å². The first-order valence-electron chi connectivity index (χ1n) is 28.8. The summed E-state index contributed by atoms with van der Waals surface area (Å²) in [6.07, 6.45) is 6.82. The van der Waals surface area contributed by atoms with E-state index in [0.717, 1.165) is 49.9 Å². The number of thiophene rings is 1. The zero-order valence-electron chi connectivity index (χ0n) is 49.6. The van der Waals surface area contributed by atoms with E-state index in [4.69, 9.17) is 6.85 Å². The average molecular weight is 944 g/mol. The highest BCUT2D eigenvalue weighted by atomic mass is 32.1. The molecule has 0 amide bonds. The van der Waals surface area contributed by atoms with Crippen molar-refractivity contribution in [3.63, 3.8) is 0 Å². The summed E-state index contributed by atoms with van der Waals surface area (Å²) in [7, 11) is 0. The quantitative estimate of drug-likeness (QED) is 0.163. The van der Waals surface area contributed by atoms with Gasteiger partial charge in [0.1, 0.15) is 0 Å². The summed E-state index contributed by atoms with van der Waals surface area (Å²) in [6, 6.07) is 29.6. The van der Waals surface area contributed by atoms with Gasteiger partial charge in [0.25, 0.3) is 6.71 Å². The van der Waals surface area contributed by atoms with Gasteiger partial charge >= 0.3 is 0 Å². The third kappa shape index (κ3) is 6.77. The molecule has 3 heterocycles. The van der Waals surface area contributed by atoms with Crippen molar-refractivity contribution in [2.24, 2.45) is 0 Å². The minimum absolute atomic E-state index is 0.00173. The molecule has 5 aliphatic rings. The number of hydrogen-bond acceptors (Lipinski definition) is 3. The smallest absolute Gasteiger partial charge is 0.264 e. The van der Waals surface area contributed by atoms with Gasteiger partial charge in [-0.15, -0.1) is 11.3 Å². The predicted octanol–water partition coefficient (Wildman–Crippen LogP) is 17.0. The molecule has 7 aromatic rings. The molecule has 6 aromatic carbocycles. The lowest BCUT2D eigenvalue weighted by Crippen LogP contribution is -2.61. The number of benzene rings is 6. The topological polar surface area (TPSA) is 6.48 Å². The minimum atomic E-state index is -0.381. The lowest BCUT2D eigenvalue weighted by Gasteiger charge is -2.48. The Bertz CT molecular complexity index is 3600. The molecule has 2 aliphatic heterocycles. The van der Waals surface area contributed by atoms with Gasteiger partial charge in [0.15, 0.2) is 0 Å². The Labute approximate surface area is 432 Å². The van der Waals surface area contributed by atoms with E-state index >= 15 is 0 Å². The largest absolute Gasteiger partial charge is 0.311 e. The molecule has 0 saturated heterocycles. The highest BCUT2D eigenvalue weighted by Gasteiger charge is 2.49. The molecule has 1 aromatic heterocycles. The summed E-state index contributed by atoms with van der Waals surface area (Å²) in [5.41, 5.74) is 20.4. The van der Waals surface area contributed by atoms with E-state index in [9.17, 15) is 0 Å². The fourth-order valence-electron chi connectivity index (χ4n) is 13.5. The Hall–Kier alpha value is -5.06. The van der Waals surface area contributed by atoms with Gasteiger partial charge in [0.2, 0.25) is 0 Å². The Balaban J connectivity index is 1.21. The molecule has 0 spiro atoms. The summed E-state index contributed by atoms with van der Waals surface area (Å²) in [4.78, 5) is 5.21. The Morgan fingerprint density at radius 1 is 0.486 bits per heavy atom. The maximum atomic E-state index is 8.94. The molecule has 4 heteroatoms. The summed E-state index contributed by atoms with van der Waals surface area (Å²) in [5, 5.41) is 1.27. The van der Waals surface area contributed by atoms with Crippen molar-refractivity contribution in [1.29, 1.82) is 0 Å². The first-order chi connectivity index (χ1) is 34.8. The molecular weight excluding hydrogens is 864 g/mol. The molecule has 0 bridgehead atoms. The number of hydrogen-bond donors (Lipinski definition) is 0. The first-order valence-corrected chi connectivity index (χ1v) is 27.1. The fourth-order valence-corrected chi connectivity index (χ4v) is 14.8. The zero-order chi connectivity index (χ0) is 53.8. The van der Waals surface area contributed by atoms with Crippen LogP contribution in [0.2, 0.25) is 0 Å². The summed E-state index contributed by atoms with van der Waals surface area (Å²) in [5.74, 6) is 0. The number of anilines is 6. The number of rotatable bonds is 3. The summed E-state index contributed by atoms with van der Waals surface area (Å²) < 4.78 is 46.0. The Morgan fingerprint density at radius 2 is 0.971 bits per heavy atom. The van der Waals surface area contributed by atoms with Crippen LogP contribution in [0.1, 0.15) is 188 Å². The van der Waals surface area contributed by atoms with Crippen LogP contribution in [0, 0.1) is 0 Å². The molecule has 0 radical (unpaired) electrons. The van der Waals surface area contributed by atoms with Gasteiger partial charge in [-0.1, -0.05) is 158 Å². The molecular formula is C66H75BN2S. The van der Waals surface area contributed by atoms with E-state index in [2.05, 4.69) is 180 Å². The first kappa shape index (κ1) is 40.5. The molecule has 358 valence electrons. The Morgan fingerprint density at radius 3 is 1.54 bits per heavy atom.